The molecule has 36 heavy (non-hydrogen) atoms. The lowest BCUT2D eigenvalue weighted by Crippen LogP contribution is -2.50. The van der Waals surface area contributed by atoms with Crippen LogP contribution in [0.25, 0.3) is 0 Å². The first-order chi connectivity index (χ1) is 17.7. The molecular weight excluding hydrogens is 442 g/mol. The summed E-state index contributed by atoms with van der Waals surface area (Å²) in [6, 6.07) is 0. The zero-order valence-corrected chi connectivity index (χ0v) is 25.7. The fourth-order valence-corrected chi connectivity index (χ4v) is 5.58. The number of carbonyl (C=O) groups is 1. The molecule has 0 aliphatic rings. The molecule has 0 aromatic carbocycles. The molecule has 0 fully saturated rings. The van der Waals surface area contributed by atoms with Crippen LogP contribution in [0, 0.1) is 0 Å². The van der Waals surface area contributed by atoms with Crippen molar-refractivity contribution >= 4 is 6.47 Å². The van der Waals surface area contributed by atoms with Crippen LogP contribution >= 0.6 is 0 Å². The standard InChI is InChI=1S/C32H68N.CH2O2/c1-5-9-13-17-21-25-29-33(30-26-22-18-14-10-6-2,31-27-23-19-15-11-7-3)32-28-24-20-16-12-8-4;2-1-3/h5-32H2,1-4H3;1H,(H,2,3)/q+1;. The number of unbranched alkanes of at least 4 members (excludes halogenated alkanes) is 20. The molecule has 0 saturated heterocycles. The molecule has 218 valence electrons. The lowest BCUT2D eigenvalue weighted by Gasteiger charge is -2.40. The first-order valence-corrected chi connectivity index (χ1v) is 16.6. The molecule has 0 spiro atoms. The number of nitrogens with zero attached hydrogens (tertiary/aromatic N) is 1. The van der Waals surface area contributed by atoms with Gasteiger partial charge >= 0.3 is 0 Å². The van der Waals surface area contributed by atoms with Gasteiger partial charge in [-0.1, -0.05) is 130 Å². The molecule has 0 bridgehead atoms. The highest BCUT2D eigenvalue weighted by Crippen LogP contribution is 2.20. The van der Waals surface area contributed by atoms with Crippen molar-refractivity contribution in [2.24, 2.45) is 0 Å². The summed E-state index contributed by atoms with van der Waals surface area (Å²) in [7, 11) is 0. The molecule has 0 aliphatic carbocycles. The molecule has 0 amide bonds. The molecule has 0 aliphatic heterocycles. The van der Waals surface area contributed by atoms with Crippen LogP contribution in [0.5, 0.6) is 0 Å². The smallest absolute Gasteiger partial charge is 0.290 e. The Labute approximate surface area is 228 Å². The Morgan fingerprint density at radius 3 is 0.750 bits per heavy atom. The minimum absolute atomic E-state index is 0.250. The van der Waals surface area contributed by atoms with E-state index in [2.05, 4.69) is 27.7 Å². The Morgan fingerprint density at radius 1 is 0.389 bits per heavy atom. The van der Waals surface area contributed by atoms with Crippen molar-refractivity contribution in [2.45, 2.75) is 182 Å². The minimum atomic E-state index is -0.250. The first kappa shape index (κ1) is 37.6. The van der Waals surface area contributed by atoms with Gasteiger partial charge in [-0.3, -0.25) is 4.79 Å². The van der Waals surface area contributed by atoms with Crippen LogP contribution in [0.4, 0.5) is 0 Å². The number of hydrogen-bond donors (Lipinski definition) is 1. The topological polar surface area (TPSA) is 37.3 Å². The zero-order chi connectivity index (χ0) is 27.0. The summed E-state index contributed by atoms with van der Waals surface area (Å²) in [5.41, 5.74) is 0. The zero-order valence-electron chi connectivity index (χ0n) is 25.7. The fourth-order valence-electron chi connectivity index (χ4n) is 5.58. The molecule has 0 heterocycles. The molecular formula is C33H70NO2+. The van der Waals surface area contributed by atoms with Crippen LogP contribution in [0.3, 0.4) is 0 Å². The third kappa shape index (κ3) is 28.0. The van der Waals surface area contributed by atoms with Gasteiger partial charge in [0.05, 0.1) is 26.2 Å². The quantitative estimate of drug-likeness (QED) is 0.0642. The molecule has 0 aromatic rings. The van der Waals surface area contributed by atoms with Gasteiger partial charge in [0.2, 0.25) is 0 Å². The van der Waals surface area contributed by atoms with E-state index in [1.807, 2.05) is 0 Å². The van der Waals surface area contributed by atoms with Crippen LogP contribution in [0.2, 0.25) is 0 Å². The van der Waals surface area contributed by atoms with Crippen LogP contribution in [0.15, 0.2) is 0 Å². The van der Waals surface area contributed by atoms with Crippen LogP contribution in [0.1, 0.15) is 182 Å². The van der Waals surface area contributed by atoms with Gasteiger partial charge in [-0.2, -0.15) is 0 Å². The van der Waals surface area contributed by atoms with E-state index in [-0.39, 0.29) is 6.47 Å². The minimum Gasteiger partial charge on any atom is -0.483 e. The highest BCUT2D eigenvalue weighted by molar-refractivity contribution is 5.32. The van der Waals surface area contributed by atoms with Gasteiger partial charge in [-0.05, 0) is 51.4 Å². The van der Waals surface area contributed by atoms with Crippen LogP contribution < -0.4 is 0 Å². The summed E-state index contributed by atoms with van der Waals surface area (Å²) < 4.78 is 1.48. The Morgan fingerprint density at radius 2 is 0.556 bits per heavy atom. The summed E-state index contributed by atoms with van der Waals surface area (Å²) in [6.45, 7) is 15.0. The molecule has 0 radical (unpaired) electrons. The van der Waals surface area contributed by atoms with Gasteiger partial charge < -0.3 is 9.59 Å². The Hall–Kier alpha value is -0.570. The number of hydrogen-bond acceptors (Lipinski definition) is 1. The van der Waals surface area contributed by atoms with E-state index >= 15 is 0 Å². The highest BCUT2D eigenvalue weighted by atomic mass is 16.3. The van der Waals surface area contributed by atoms with Gasteiger partial charge in [-0.15, -0.1) is 0 Å². The Kier molecular flexibility index (Phi) is 33.9. The molecule has 0 rings (SSSR count). The van der Waals surface area contributed by atoms with E-state index < -0.39 is 0 Å². The average molecular weight is 513 g/mol. The van der Waals surface area contributed by atoms with E-state index in [1.165, 1.54) is 185 Å². The van der Waals surface area contributed by atoms with Crippen molar-refractivity contribution in [1.29, 1.82) is 0 Å². The van der Waals surface area contributed by atoms with Crippen molar-refractivity contribution in [3.8, 4) is 0 Å². The van der Waals surface area contributed by atoms with E-state index in [0.29, 0.717) is 0 Å². The first-order valence-electron chi connectivity index (χ1n) is 16.6. The van der Waals surface area contributed by atoms with Gasteiger partial charge in [0.1, 0.15) is 0 Å². The van der Waals surface area contributed by atoms with Crippen molar-refractivity contribution in [1.82, 2.24) is 0 Å². The van der Waals surface area contributed by atoms with E-state index in [9.17, 15) is 0 Å². The highest BCUT2D eigenvalue weighted by Gasteiger charge is 2.25. The van der Waals surface area contributed by atoms with E-state index in [4.69, 9.17) is 9.90 Å². The predicted octanol–water partition coefficient (Wildman–Crippen LogP) is 10.9. The molecule has 0 aromatic heterocycles. The van der Waals surface area contributed by atoms with Gasteiger partial charge in [-0.25, -0.2) is 0 Å². The maximum absolute atomic E-state index is 8.36. The van der Waals surface area contributed by atoms with Crippen LogP contribution in [-0.4, -0.2) is 42.2 Å². The summed E-state index contributed by atoms with van der Waals surface area (Å²) in [6.07, 6.45) is 34.8. The monoisotopic (exact) mass is 513 g/mol. The molecule has 1 N–H and O–H groups in total. The third-order valence-corrected chi connectivity index (χ3v) is 7.94. The SMILES string of the molecule is CCCCCCCC[N+](CCCCCCCC)(CCCCCCCC)CCCCCCCC.O=CO. The second kappa shape index (κ2) is 32.5. The summed E-state index contributed by atoms with van der Waals surface area (Å²) >= 11 is 0. The number of rotatable bonds is 28. The molecule has 0 atom stereocenters. The average Bonchev–Trinajstić information content (AvgIpc) is 2.88. The second-order valence-electron chi connectivity index (χ2n) is 11.4. The summed E-state index contributed by atoms with van der Waals surface area (Å²) in [5, 5.41) is 6.89. The van der Waals surface area contributed by atoms with Crippen LogP contribution in [-0.2, 0) is 4.79 Å². The fraction of sp³-hybridized carbons (Fsp3) is 0.970. The molecule has 0 saturated carbocycles. The van der Waals surface area contributed by atoms with Crippen molar-refractivity contribution in [2.75, 3.05) is 26.2 Å². The molecule has 0 unspecified atom stereocenters. The second-order valence-corrected chi connectivity index (χ2v) is 11.4. The Balaban J connectivity index is 0. The van der Waals surface area contributed by atoms with Crippen molar-refractivity contribution < 1.29 is 14.4 Å². The largest absolute Gasteiger partial charge is 0.483 e. The van der Waals surface area contributed by atoms with Gasteiger partial charge in [0.15, 0.2) is 0 Å². The van der Waals surface area contributed by atoms with E-state index in [0.717, 1.165) is 0 Å². The van der Waals surface area contributed by atoms with Gasteiger partial charge in [0.25, 0.3) is 6.47 Å². The predicted molar refractivity (Wildman–Crippen MR) is 162 cm³/mol. The lowest BCUT2D eigenvalue weighted by molar-refractivity contribution is -0.929. The van der Waals surface area contributed by atoms with E-state index in [1.54, 1.807) is 0 Å². The Bertz CT molecular complexity index is 330. The number of carboxylic acid groups (broad SMARTS) is 1. The molecule has 3 heteroatoms. The van der Waals surface area contributed by atoms with Crippen molar-refractivity contribution in [3.05, 3.63) is 0 Å². The maximum Gasteiger partial charge on any atom is 0.290 e. The maximum atomic E-state index is 8.36. The third-order valence-electron chi connectivity index (χ3n) is 7.94. The lowest BCUT2D eigenvalue weighted by atomic mass is 10.0. The summed E-state index contributed by atoms with van der Waals surface area (Å²) in [4.78, 5) is 8.36. The molecule has 3 nitrogen and oxygen atoms in total. The number of quaternary nitrogens is 1. The normalized spacial score (nSPS) is 11.3. The van der Waals surface area contributed by atoms with Crippen molar-refractivity contribution in [3.63, 3.8) is 0 Å². The van der Waals surface area contributed by atoms with Gasteiger partial charge in [0, 0.05) is 0 Å². The summed E-state index contributed by atoms with van der Waals surface area (Å²) in [5.74, 6) is 0.